The van der Waals surface area contributed by atoms with Gasteiger partial charge in [-0.25, -0.2) is 0 Å². The number of aliphatic hydroxyl groups excluding tert-OH is 2. The Bertz CT molecular complexity index is 70.0. The van der Waals surface area contributed by atoms with Gasteiger partial charge in [0.05, 0.1) is 19.9 Å². The lowest BCUT2D eigenvalue weighted by molar-refractivity contribution is 0.00467. The molecular formula is C6H13FO3. The van der Waals surface area contributed by atoms with E-state index in [9.17, 15) is 4.39 Å². The van der Waals surface area contributed by atoms with E-state index in [0.717, 1.165) is 0 Å². The Hall–Kier alpha value is -0.190. The number of hydrogen-bond donors (Lipinski definition) is 2. The second kappa shape index (κ2) is 6.92. The number of aliphatic hydroxyl groups is 2. The second-order valence-electron chi connectivity index (χ2n) is 1.95. The number of ether oxygens (including phenoxy) is 1. The number of halogens is 1. The summed E-state index contributed by atoms with van der Waals surface area (Å²) in [7, 11) is 0. The summed E-state index contributed by atoms with van der Waals surface area (Å²) in [5.74, 6) is 0. The third kappa shape index (κ3) is 5.94. The van der Waals surface area contributed by atoms with Crippen molar-refractivity contribution in [3.05, 3.63) is 0 Å². The maximum Gasteiger partial charge on any atom is 0.100 e. The first kappa shape index (κ1) is 9.81. The fourth-order valence-electron chi connectivity index (χ4n) is 0.429. The summed E-state index contributed by atoms with van der Waals surface area (Å²) in [5, 5.41) is 17.0. The summed E-state index contributed by atoms with van der Waals surface area (Å²) in [6.45, 7) is -0.338. The standard InChI is InChI=1S/C6H13FO3/c7-2-1-3-10-5-6(9)4-8/h6,8-9H,1-5H2. The van der Waals surface area contributed by atoms with E-state index in [0.29, 0.717) is 13.0 Å². The van der Waals surface area contributed by atoms with Crippen LogP contribution in [-0.2, 0) is 4.74 Å². The summed E-state index contributed by atoms with van der Waals surface area (Å²) in [6, 6.07) is 0. The first-order chi connectivity index (χ1) is 4.81. The number of hydrogen-bond acceptors (Lipinski definition) is 3. The lowest BCUT2D eigenvalue weighted by Gasteiger charge is -2.06. The van der Waals surface area contributed by atoms with Crippen LogP contribution < -0.4 is 0 Å². The van der Waals surface area contributed by atoms with E-state index < -0.39 is 12.8 Å². The Kier molecular flexibility index (Phi) is 6.79. The van der Waals surface area contributed by atoms with Gasteiger partial charge in [-0.2, -0.15) is 0 Å². The summed E-state index contributed by atoms with van der Waals surface area (Å²) in [6.07, 6.45) is -0.488. The molecule has 0 aliphatic carbocycles. The Morgan fingerprint density at radius 1 is 1.50 bits per heavy atom. The Morgan fingerprint density at radius 2 is 2.20 bits per heavy atom. The molecule has 0 amide bonds. The highest BCUT2D eigenvalue weighted by Crippen LogP contribution is 1.86. The molecule has 10 heavy (non-hydrogen) atoms. The predicted octanol–water partition coefficient (Wildman–Crippen LogP) is -0.284. The second-order valence-corrected chi connectivity index (χ2v) is 1.95. The Balaban J connectivity index is 2.89. The van der Waals surface area contributed by atoms with Gasteiger partial charge in [-0.15, -0.1) is 0 Å². The highest BCUT2D eigenvalue weighted by molar-refractivity contribution is 4.48. The van der Waals surface area contributed by atoms with Crippen molar-refractivity contribution in [1.82, 2.24) is 0 Å². The third-order valence-electron chi connectivity index (χ3n) is 0.943. The van der Waals surface area contributed by atoms with Crippen molar-refractivity contribution in [2.24, 2.45) is 0 Å². The molecule has 0 saturated carbocycles. The molecule has 62 valence electrons. The molecule has 0 aromatic carbocycles. The molecule has 0 bridgehead atoms. The van der Waals surface area contributed by atoms with Crippen molar-refractivity contribution in [3.63, 3.8) is 0 Å². The summed E-state index contributed by atoms with van der Waals surface area (Å²) in [5.41, 5.74) is 0. The average molecular weight is 152 g/mol. The zero-order valence-corrected chi connectivity index (χ0v) is 5.79. The minimum absolute atomic E-state index is 0.0799. The van der Waals surface area contributed by atoms with Gasteiger partial charge in [-0.3, -0.25) is 4.39 Å². The van der Waals surface area contributed by atoms with Crippen LogP contribution in [-0.4, -0.2) is 42.8 Å². The van der Waals surface area contributed by atoms with E-state index in [4.69, 9.17) is 14.9 Å². The van der Waals surface area contributed by atoms with Crippen LogP contribution in [0.25, 0.3) is 0 Å². The lowest BCUT2D eigenvalue weighted by atomic mass is 10.4. The molecule has 0 saturated heterocycles. The summed E-state index contributed by atoms with van der Waals surface area (Å²) < 4.78 is 16.2. The molecule has 0 aromatic rings. The van der Waals surface area contributed by atoms with E-state index >= 15 is 0 Å². The highest BCUT2D eigenvalue weighted by atomic mass is 19.1. The van der Waals surface area contributed by atoms with E-state index in [1.165, 1.54) is 0 Å². The van der Waals surface area contributed by atoms with Crippen LogP contribution in [0.5, 0.6) is 0 Å². The van der Waals surface area contributed by atoms with Crippen LogP contribution in [0.2, 0.25) is 0 Å². The van der Waals surface area contributed by atoms with Crippen LogP contribution >= 0.6 is 0 Å². The SMILES string of the molecule is OCC(O)COCCCF. The van der Waals surface area contributed by atoms with Gasteiger partial charge in [0.25, 0.3) is 0 Å². The van der Waals surface area contributed by atoms with Gasteiger partial charge < -0.3 is 14.9 Å². The first-order valence-electron chi connectivity index (χ1n) is 3.24. The zero-order chi connectivity index (χ0) is 7.82. The molecule has 0 heterocycles. The van der Waals surface area contributed by atoms with Crippen LogP contribution in [0, 0.1) is 0 Å². The van der Waals surface area contributed by atoms with Crippen molar-refractivity contribution in [2.45, 2.75) is 12.5 Å². The van der Waals surface area contributed by atoms with Crippen LogP contribution in [0.4, 0.5) is 4.39 Å². The lowest BCUT2D eigenvalue weighted by Crippen LogP contribution is -2.19. The molecular weight excluding hydrogens is 139 g/mol. The Morgan fingerprint density at radius 3 is 2.70 bits per heavy atom. The molecule has 0 radical (unpaired) electrons. The van der Waals surface area contributed by atoms with Gasteiger partial charge in [0, 0.05) is 6.61 Å². The molecule has 1 atom stereocenters. The maximum atomic E-state index is 11.4. The van der Waals surface area contributed by atoms with Crippen molar-refractivity contribution < 1.29 is 19.3 Å². The molecule has 0 fully saturated rings. The van der Waals surface area contributed by atoms with Crippen molar-refractivity contribution in [2.75, 3.05) is 26.5 Å². The topological polar surface area (TPSA) is 49.7 Å². The fraction of sp³-hybridized carbons (Fsp3) is 1.00. The van der Waals surface area contributed by atoms with Gasteiger partial charge >= 0.3 is 0 Å². The molecule has 0 rings (SSSR count). The van der Waals surface area contributed by atoms with Crippen LogP contribution in [0.15, 0.2) is 0 Å². The molecule has 2 N–H and O–H groups in total. The van der Waals surface area contributed by atoms with E-state index in [2.05, 4.69) is 0 Å². The largest absolute Gasteiger partial charge is 0.394 e. The van der Waals surface area contributed by atoms with Gasteiger partial charge in [0.2, 0.25) is 0 Å². The van der Waals surface area contributed by atoms with Gasteiger partial charge in [0.15, 0.2) is 0 Å². The van der Waals surface area contributed by atoms with E-state index in [1.807, 2.05) is 0 Å². The number of alkyl halides is 1. The molecule has 0 spiro atoms. The number of rotatable bonds is 6. The van der Waals surface area contributed by atoms with Crippen molar-refractivity contribution >= 4 is 0 Å². The summed E-state index contributed by atoms with van der Waals surface area (Å²) >= 11 is 0. The van der Waals surface area contributed by atoms with Crippen LogP contribution in [0.1, 0.15) is 6.42 Å². The highest BCUT2D eigenvalue weighted by Gasteiger charge is 1.99. The molecule has 0 aromatic heterocycles. The molecule has 1 unspecified atom stereocenters. The van der Waals surface area contributed by atoms with E-state index in [-0.39, 0.29) is 13.2 Å². The summed E-state index contributed by atoms with van der Waals surface area (Å²) in [4.78, 5) is 0. The van der Waals surface area contributed by atoms with Gasteiger partial charge in [-0.05, 0) is 6.42 Å². The maximum absolute atomic E-state index is 11.4. The Labute approximate surface area is 59.4 Å². The first-order valence-corrected chi connectivity index (χ1v) is 3.24. The minimum Gasteiger partial charge on any atom is -0.394 e. The molecule has 0 aliphatic heterocycles. The predicted molar refractivity (Wildman–Crippen MR) is 34.5 cm³/mol. The minimum atomic E-state index is -0.834. The third-order valence-corrected chi connectivity index (χ3v) is 0.943. The molecule has 0 aliphatic rings. The quantitative estimate of drug-likeness (QED) is 0.514. The van der Waals surface area contributed by atoms with Gasteiger partial charge in [-0.1, -0.05) is 0 Å². The van der Waals surface area contributed by atoms with Crippen molar-refractivity contribution in [3.8, 4) is 0 Å². The average Bonchev–Trinajstić information content (AvgIpc) is 1.98. The smallest absolute Gasteiger partial charge is 0.100 e. The zero-order valence-electron chi connectivity index (χ0n) is 5.79. The van der Waals surface area contributed by atoms with Gasteiger partial charge in [0.1, 0.15) is 6.10 Å². The van der Waals surface area contributed by atoms with Crippen LogP contribution in [0.3, 0.4) is 0 Å². The normalized spacial score (nSPS) is 13.5. The van der Waals surface area contributed by atoms with E-state index in [1.54, 1.807) is 0 Å². The van der Waals surface area contributed by atoms with Crippen molar-refractivity contribution in [1.29, 1.82) is 0 Å². The molecule has 4 heteroatoms. The fourth-order valence-corrected chi connectivity index (χ4v) is 0.429. The monoisotopic (exact) mass is 152 g/mol. The molecule has 3 nitrogen and oxygen atoms in total.